The third kappa shape index (κ3) is 4.04. The van der Waals surface area contributed by atoms with Crippen molar-refractivity contribution in [3.63, 3.8) is 0 Å². The highest BCUT2D eigenvalue weighted by atomic mass is 32.1. The van der Waals surface area contributed by atoms with E-state index in [4.69, 9.17) is 5.73 Å². The van der Waals surface area contributed by atoms with Gasteiger partial charge in [0.05, 0.1) is 23.1 Å². The minimum absolute atomic E-state index is 0.0108. The van der Waals surface area contributed by atoms with Gasteiger partial charge in [-0.15, -0.1) is 10.2 Å². The number of nitrogens with one attached hydrogen (secondary N) is 1. The molecule has 1 heterocycles. The largest absolute Gasteiger partial charge is 0.374 e. The fourth-order valence-electron chi connectivity index (χ4n) is 1.45. The van der Waals surface area contributed by atoms with Crippen LogP contribution in [0.5, 0.6) is 0 Å². The molecule has 0 atom stereocenters. The molecule has 3 N–H and O–H groups in total. The molecular weight excluding hydrogens is 296 g/mol. The van der Waals surface area contributed by atoms with E-state index in [1.165, 1.54) is 18.3 Å². The smallest absolute Gasteiger partial charge is 0.278 e. The molecule has 0 saturated carbocycles. The number of nitro groups is 1. The Morgan fingerprint density at radius 3 is 2.90 bits per heavy atom. The number of carbonyl (C=O) groups is 1. The summed E-state index contributed by atoms with van der Waals surface area (Å²) in [6.07, 6.45) is 1.20. The molecule has 0 saturated heterocycles. The SMILES string of the molecule is Nc1nnc(CC(=O)N/N=C\c2ccccc2[N+](=O)[O-])s1. The average Bonchev–Trinajstić information content (AvgIpc) is 2.84. The summed E-state index contributed by atoms with van der Waals surface area (Å²) >= 11 is 1.11. The Morgan fingerprint density at radius 2 is 2.24 bits per heavy atom. The third-order valence-electron chi connectivity index (χ3n) is 2.32. The first-order valence-electron chi connectivity index (χ1n) is 5.69. The van der Waals surface area contributed by atoms with E-state index < -0.39 is 10.8 Å². The number of nitrogens with two attached hydrogens (primary N) is 1. The summed E-state index contributed by atoms with van der Waals surface area (Å²) in [6.45, 7) is 0. The second kappa shape index (κ2) is 6.52. The molecule has 108 valence electrons. The van der Waals surface area contributed by atoms with E-state index >= 15 is 0 Å². The van der Waals surface area contributed by atoms with Crippen molar-refractivity contribution < 1.29 is 9.72 Å². The average molecular weight is 306 g/mol. The van der Waals surface area contributed by atoms with E-state index in [-0.39, 0.29) is 17.2 Å². The maximum Gasteiger partial charge on any atom is 0.278 e. The number of benzene rings is 1. The molecule has 1 aromatic heterocycles. The zero-order chi connectivity index (χ0) is 15.2. The van der Waals surface area contributed by atoms with Crippen LogP contribution < -0.4 is 11.2 Å². The lowest BCUT2D eigenvalue weighted by molar-refractivity contribution is -0.385. The molecule has 0 spiro atoms. The number of hydrogen-bond donors (Lipinski definition) is 2. The van der Waals surface area contributed by atoms with Crippen LogP contribution in [0.3, 0.4) is 0 Å². The molecule has 21 heavy (non-hydrogen) atoms. The quantitative estimate of drug-likeness (QED) is 0.474. The van der Waals surface area contributed by atoms with Gasteiger partial charge in [0.25, 0.3) is 5.69 Å². The van der Waals surface area contributed by atoms with Gasteiger partial charge in [-0.3, -0.25) is 14.9 Å². The van der Waals surface area contributed by atoms with E-state index in [9.17, 15) is 14.9 Å². The van der Waals surface area contributed by atoms with E-state index in [0.717, 1.165) is 11.3 Å². The van der Waals surface area contributed by atoms with Gasteiger partial charge in [0.2, 0.25) is 11.0 Å². The highest BCUT2D eigenvalue weighted by Crippen LogP contribution is 2.15. The molecular formula is C11H10N6O3S. The van der Waals surface area contributed by atoms with E-state index in [1.807, 2.05) is 0 Å². The summed E-state index contributed by atoms with van der Waals surface area (Å²) < 4.78 is 0. The van der Waals surface area contributed by atoms with Crippen molar-refractivity contribution in [1.29, 1.82) is 0 Å². The summed E-state index contributed by atoms with van der Waals surface area (Å²) in [5, 5.41) is 22.5. The van der Waals surface area contributed by atoms with Gasteiger partial charge in [0.15, 0.2) is 0 Å². The number of aromatic nitrogens is 2. The molecule has 0 bridgehead atoms. The lowest BCUT2D eigenvalue weighted by Crippen LogP contribution is -2.19. The van der Waals surface area contributed by atoms with Crippen LogP contribution in [0.1, 0.15) is 10.6 Å². The van der Waals surface area contributed by atoms with E-state index in [2.05, 4.69) is 20.7 Å². The van der Waals surface area contributed by atoms with Crippen molar-refractivity contribution in [1.82, 2.24) is 15.6 Å². The van der Waals surface area contributed by atoms with Crippen LogP contribution in [0, 0.1) is 10.1 Å². The summed E-state index contributed by atoms with van der Waals surface area (Å²) in [5.41, 5.74) is 7.86. The number of para-hydroxylation sites is 1. The van der Waals surface area contributed by atoms with Crippen molar-refractivity contribution in [3.05, 3.63) is 45.0 Å². The van der Waals surface area contributed by atoms with E-state index in [0.29, 0.717) is 10.6 Å². The van der Waals surface area contributed by atoms with Crippen LogP contribution in [0.4, 0.5) is 10.8 Å². The summed E-state index contributed by atoms with van der Waals surface area (Å²) in [7, 11) is 0. The Labute approximate surface area is 122 Å². The predicted octanol–water partition coefficient (Wildman–Crippen LogP) is 0.721. The Bertz CT molecular complexity index is 699. The van der Waals surface area contributed by atoms with Gasteiger partial charge in [0.1, 0.15) is 5.01 Å². The van der Waals surface area contributed by atoms with Crippen LogP contribution >= 0.6 is 11.3 Å². The topological polar surface area (TPSA) is 136 Å². The number of hydrogen-bond acceptors (Lipinski definition) is 8. The Morgan fingerprint density at radius 1 is 1.48 bits per heavy atom. The summed E-state index contributed by atoms with van der Waals surface area (Å²) in [4.78, 5) is 21.8. The fraction of sp³-hybridized carbons (Fsp3) is 0.0909. The highest BCUT2D eigenvalue weighted by molar-refractivity contribution is 7.15. The molecule has 10 heteroatoms. The summed E-state index contributed by atoms with van der Waals surface area (Å²) in [6, 6.07) is 6.07. The van der Waals surface area contributed by atoms with Crippen molar-refractivity contribution in [2.75, 3.05) is 5.73 Å². The lowest BCUT2D eigenvalue weighted by atomic mass is 10.2. The van der Waals surface area contributed by atoms with Crippen molar-refractivity contribution in [2.45, 2.75) is 6.42 Å². The zero-order valence-corrected chi connectivity index (χ0v) is 11.4. The molecule has 9 nitrogen and oxygen atoms in total. The number of anilines is 1. The molecule has 1 amide bonds. The molecule has 0 aliphatic carbocycles. The van der Waals surface area contributed by atoms with Crippen LogP contribution in [-0.2, 0) is 11.2 Å². The van der Waals surface area contributed by atoms with E-state index in [1.54, 1.807) is 12.1 Å². The van der Waals surface area contributed by atoms with Gasteiger partial charge in [-0.25, -0.2) is 5.43 Å². The fourth-order valence-corrected chi connectivity index (χ4v) is 2.06. The second-order valence-electron chi connectivity index (χ2n) is 3.82. The van der Waals surface area contributed by atoms with Crippen LogP contribution in [0.2, 0.25) is 0 Å². The minimum atomic E-state index is -0.521. The first-order valence-corrected chi connectivity index (χ1v) is 6.51. The van der Waals surface area contributed by atoms with Gasteiger partial charge < -0.3 is 5.73 Å². The summed E-state index contributed by atoms with van der Waals surface area (Å²) in [5.74, 6) is -0.416. The maximum atomic E-state index is 11.6. The van der Waals surface area contributed by atoms with Gasteiger partial charge in [-0.2, -0.15) is 5.10 Å². The Balaban J connectivity index is 1.96. The molecule has 1 aromatic carbocycles. The number of rotatable bonds is 5. The van der Waals surface area contributed by atoms with Crippen molar-refractivity contribution in [2.24, 2.45) is 5.10 Å². The van der Waals surface area contributed by atoms with Gasteiger partial charge in [-0.05, 0) is 6.07 Å². The minimum Gasteiger partial charge on any atom is -0.374 e. The van der Waals surface area contributed by atoms with Gasteiger partial charge in [0, 0.05) is 6.07 Å². The van der Waals surface area contributed by atoms with Gasteiger partial charge >= 0.3 is 0 Å². The first kappa shape index (κ1) is 14.5. The number of hydrazone groups is 1. The molecule has 2 rings (SSSR count). The monoisotopic (exact) mass is 306 g/mol. The Hall–Kier alpha value is -2.88. The first-order chi connectivity index (χ1) is 10.1. The molecule has 0 radical (unpaired) electrons. The van der Waals surface area contributed by atoms with Crippen molar-refractivity contribution in [3.8, 4) is 0 Å². The lowest BCUT2D eigenvalue weighted by Gasteiger charge is -1.97. The Kier molecular flexibility index (Phi) is 4.51. The van der Waals surface area contributed by atoms with Gasteiger partial charge in [-0.1, -0.05) is 23.5 Å². The molecule has 0 aliphatic rings. The van der Waals surface area contributed by atoms with Crippen molar-refractivity contribution >= 4 is 34.3 Å². The predicted molar refractivity (Wildman–Crippen MR) is 76.9 cm³/mol. The second-order valence-corrected chi connectivity index (χ2v) is 4.91. The highest BCUT2D eigenvalue weighted by Gasteiger charge is 2.10. The number of nitro benzene ring substituents is 1. The normalized spacial score (nSPS) is 10.7. The van der Waals surface area contributed by atoms with Crippen LogP contribution in [-0.4, -0.2) is 27.2 Å². The molecule has 0 aliphatic heterocycles. The number of carbonyl (C=O) groups excluding carboxylic acids is 1. The molecule has 2 aromatic rings. The number of nitrogens with zero attached hydrogens (tertiary/aromatic N) is 4. The standard InChI is InChI=1S/C11H10N6O3S/c12-11-16-15-10(21-11)5-9(18)14-13-6-7-3-1-2-4-8(7)17(19)20/h1-4,6H,5H2,(H2,12,16)(H,14,18)/b13-6-. The number of nitrogen functional groups attached to an aromatic ring is 1. The van der Waals surface area contributed by atoms with Crippen LogP contribution in [0.25, 0.3) is 0 Å². The zero-order valence-electron chi connectivity index (χ0n) is 10.6. The molecule has 0 fully saturated rings. The number of amides is 1. The maximum absolute atomic E-state index is 11.6. The third-order valence-corrected chi connectivity index (χ3v) is 3.07. The van der Waals surface area contributed by atoms with Crippen LogP contribution in [0.15, 0.2) is 29.4 Å². The molecule has 0 unspecified atom stereocenters.